The van der Waals surface area contributed by atoms with Crippen molar-refractivity contribution >= 4 is 5.78 Å². The lowest BCUT2D eigenvalue weighted by molar-refractivity contribution is -0.116. The van der Waals surface area contributed by atoms with Gasteiger partial charge in [0, 0.05) is 13.0 Å². The first-order valence-corrected chi connectivity index (χ1v) is 5.80. The number of ketones is 1. The summed E-state index contributed by atoms with van der Waals surface area (Å²) in [6, 6.07) is 8.11. The Morgan fingerprint density at radius 3 is 2.06 bits per heavy atom. The highest BCUT2D eigenvalue weighted by Crippen LogP contribution is 2.11. The van der Waals surface area contributed by atoms with E-state index in [9.17, 15) is 4.79 Å². The molecule has 0 unspecified atom stereocenters. The first-order valence-electron chi connectivity index (χ1n) is 5.80. The molecule has 1 aromatic carbocycles. The quantitative estimate of drug-likeness (QED) is 0.779. The minimum absolute atomic E-state index is 0.219. The second kappa shape index (κ2) is 8.05. The molecule has 0 aliphatic carbocycles. The lowest BCUT2D eigenvalue weighted by Gasteiger charge is -2.13. The van der Waals surface area contributed by atoms with E-state index in [4.69, 9.17) is 0 Å². The number of rotatable bonds is 4. The smallest absolute Gasteiger partial charge is 0.134 e. The van der Waals surface area contributed by atoms with Gasteiger partial charge in [0.05, 0.1) is 0 Å². The van der Waals surface area contributed by atoms with Crippen molar-refractivity contribution in [3.63, 3.8) is 0 Å². The third-order valence-corrected chi connectivity index (χ3v) is 2.04. The summed E-state index contributed by atoms with van der Waals surface area (Å²) < 4.78 is 0. The first kappa shape index (κ1) is 14.8. The van der Waals surface area contributed by atoms with Gasteiger partial charge in [-0.05, 0) is 32.1 Å². The van der Waals surface area contributed by atoms with Crippen molar-refractivity contribution in [3.8, 4) is 0 Å². The van der Waals surface area contributed by atoms with Gasteiger partial charge < -0.3 is 4.90 Å². The van der Waals surface area contributed by atoms with Crippen LogP contribution in [0.15, 0.2) is 24.3 Å². The van der Waals surface area contributed by atoms with E-state index in [-0.39, 0.29) is 5.78 Å². The molecule has 2 heteroatoms. The Morgan fingerprint density at radius 1 is 1.12 bits per heavy atom. The summed E-state index contributed by atoms with van der Waals surface area (Å²) in [5, 5.41) is 0. The van der Waals surface area contributed by atoms with Gasteiger partial charge >= 0.3 is 0 Å². The molecule has 1 aromatic rings. The van der Waals surface area contributed by atoms with Gasteiger partial charge in [-0.15, -0.1) is 0 Å². The van der Waals surface area contributed by atoms with Gasteiger partial charge in [-0.25, -0.2) is 0 Å². The number of Topliss-reactive ketones (excluding diaryl/α,β-unsaturated/α-hetero) is 1. The highest BCUT2D eigenvalue weighted by atomic mass is 16.1. The molecule has 0 fully saturated rings. The Labute approximate surface area is 99.3 Å². The highest BCUT2D eigenvalue weighted by Gasteiger charge is 2.04. The fraction of sp³-hybridized carbons (Fsp3) is 0.500. The molecule has 0 saturated carbocycles. The van der Waals surface area contributed by atoms with E-state index in [1.165, 1.54) is 5.56 Å². The summed E-state index contributed by atoms with van der Waals surface area (Å²) >= 11 is 0. The standard InChI is InChI=1S/C12H17NO.C2H6/c1-10(14)8-11-6-4-5-7-12(11)9-13(2)3;1-2/h4-7H,8-9H2,1-3H3;1-2H3. The van der Waals surface area contributed by atoms with Crippen LogP contribution < -0.4 is 0 Å². The second-order valence-corrected chi connectivity index (χ2v) is 3.89. The minimum Gasteiger partial charge on any atom is -0.305 e. The van der Waals surface area contributed by atoms with Crippen LogP contribution in [0.25, 0.3) is 0 Å². The van der Waals surface area contributed by atoms with Crippen LogP contribution in [0.4, 0.5) is 0 Å². The molecule has 1 rings (SSSR count). The largest absolute Gasteiger partial charge is 0.305 e. The summed E-state index contributed by atoms with van der Waals surface area (Å²) in [6.07, 6.45) is 0.546. The van der Waals surface area contributed by atoms with E-state index in [2.05, 4.69) is 11.0 Å². The van der Waals surface area contributed by atoms with E-state index >= 15 is 0 Å². The summed E-state index contributed by atoms with van der Waals surface area (Å²) in [5.41, 5.74) is 2.39. The predicted molar refractivity (Wildman–Crippen MR) is 69.6 cm³/mol. The maximum atomic E-state index is 11.0. The van der Waals surface area contributed by atoms with Crippen LogP contribution in [0.3, 0.4) is 0 Å². The molecule has 0 N–H and O–H groups in total. The number of carbonyl (C=O) groups is 1. The molecular weight excluding hydrogens is 198 g/mol. The van der Waals surface area contributed by atoms with Crippen LogP contribution in [-0.4, -0.2) is 24.8 Å². The molecule has 0 aliphatic rings. The monoisotopic (exact) mass is 221 g/mol. The molecule has 0 spiro atoms. The van der Waals surface area contributed by atoms with Gasteiger partial charge in [0.15, 0.2) is 0 Å². The summed E-state index contributed by atoms with van der Waals surface area (Å²) in [5.74, 6) is 0.219. The van der Waals surface area contributed by atoms with Crippen LogP contribution in [0, 0.1) is 0 Å². The summed E-state index contributed by atoms with van der Waals surface area (Å²) in [6.45, 7) is 6.52. The fourth-order valence-electron chi connectivity index (χ4n) is 1.49. The zero-order valence-electron chi connectivity index (χ0n) is 11.1. The molecular formula is C14H23NO. The molecule has 16 heavy (non-hydrogen) atoms. The number of carbonyl (C=O) groups excluding carboxylic acids is 1. The molecule has 90 valence electrons. The van der Waals surface area contributed by atoms with Crippen LogP contribution in [0.2, 0.25) is 0 Å². The molecule has 0 radical (unpaired) electrons. The van der Waals surface area contributed by atoms with E-state index in [1.807, 2.05) is 46.1 Å². The predicted octanol–water partition coefficient (Wildman–Crippen LogP) is 2.91. The van der Waals surface area contributed by atoms with Crippen LogP contribution >= 0.6 is 0 Å². The average Bonchev–Trinajstić information content (AvgIpc) is 2.22. The molecule has 0 saturated heterocycles. The molecule has 0 amide bonds. The Morgan fingerprint density at radius 2 is 1.62 bits per heavy atom. The van der Waals surface area contributed by atoms with E-state index in [0.29, 0.717) is 6.42 Å². The number of hydrogen-bond donors (Lipinski definition) is 0. The topological polar surface area (TPSA) is 20.3 Å². The van der Waals surface area contributed by atoms with Gasteiger partial charge in [0.2, 0.25) is 0 Å². The van der Waals surface area contributed by atoms with Crippen molar-refractivity contribution in [3.05, 3.63) is 35.4 Å². The van der Waals surface area contributed by atoms with Gasteiger partial charge in [-0.3, -0.25) is 4.79 Å². The first-order chi connectivity index (χ1) is 7.59. The SMILES string of the molecule is CC.CC(=O)Cc1ccccc1CN(C)C. The Bertz CT molecular complexity index is 318. The third kappa shape index (κ3) is 5.66. The lowest BCUT2D eigenvalue weighted by atomic mass is 10.0. The van der Waals surface area contributed by atoms with E-state index in [1.54, 1.807) is 6.92 Å². The Balaban J connectivity index is 0.00000106. The van der Waals surface area contributed by atoms with Crippen molar-refractivity contribution in [1.29, 1.82) is 0 Å². The van der Waals surface area contributed by atoms with Crippen LogP contribution in [0.5, 0.6) is 0 Å². The number of nitrogens with zero attached hydrogens (tertiary/aromatic N) is 1. The van der Waals surface area contributed by atoms with E-state index < -0.39 is 0 Å². The van der Waals surface area contributed by atoms with Crippen molar-refractivity contribution in [2.75, 3.05) is 14.1 Å². The molecule has 2 nitrogen and oxygen atoms in total. The van der Waals surface area contributed by atoms with Gasteiger partial charge in [-0.1, -0.05) is 38.1 Å². The average molecular weight is 221 g/mol. The Hall–Kier alpha value is -1.15. The molecule has 0 aromatic heterocycles. The maximum absolute atomic E-state index is 11.0. The molecule has 0 heterocycles. The van der Waals surface area contributed by atoms with Crippen molar-refractivity contribution < 1.29 is 4.79 Å². The fourth-order valence-corrected chi connectivity index (χ4v) is 1.49. The molecule has 0 atom stereocenters. The van der Waals surface area contributed by atoms with Crippen molar-refractivity contribution in [2.24, 2.45) is 0 Å². The van der Waals surface area contributed by atoms with Gasteiger partial charge in [0.25, 0.3) is 0 Å². The van der Waals surface area contributed by atoms with Crippen molar-refractivity contribution in [2.45, 2.75) is 33.7 Å². The number of hydrogen-bond acceptors (Lipinski definition) is 2. The zero-order chi connectivity index (χ0) is 12.6. The normalized spacial score (nSPS) is 9.62. The van der Waals surface area contributed by atoms with Gasteiger partial charge in [0.1, 0.15) is 5.78 Å². The molecule has 0 aliphatic heterocycles. The van der Waals surface area contributed by atoms with Crippen molar-refractivity contribution in [1.82, 2.24) is 4.90 Å². The minimum atomic E-state index is 0.219. The van der Waals surface area contributed by atoms with Gasteiger partial charge in [-0.2, -0.15) is 0 Å². The lowest BCUT2D eigenvalue weighted by Crippen LogP contribution is -2.13. The van der Waals surface area contributed by atoms with Crippen LogP contribution in [-0.2, 0) is 17.8 Å². The van der Waals surface area contributed by atoms with E-state index in [0.717, 1.165) is 12.1 Å². The second-order valence-electron chi connectivity index (χ2n) is 3.89. The maximum Gasteiger partial charge on any atom is 0.134 e. The molecule has 0 bridgehead atoms. The summed E-state index contributed by atoms with van der Waals surface area (Å²) in [4.78, 5) is 13.1. The van der Waals surface area contributed by atoms with Crippen LogP contribution in [0.1, 0.15) is 31.9 Å². The zero-order valence-corrected chi connectivity index (χ0v) is 11.1. The summed E-state index contributed by atoms with van der Waals surface area (Å²) in [7, 11) is 4.06. The highest BCUT2D eigenvalue weighted by molar-refractivity contribution is 5.78. The number of benzene rings is 1. The third-order valence-electron chi connectivity index (χ3n) is 2.04. The Kier molecular flexibility index (Phi) is 7.48.